The molecular formula is C25H34N6O3S. The average molecular weight is 499 g/mol. The molecule has 2 heterocycles. The van der Waals surface area contributed by atoms with Gasteiger partial charge in [0.25, 0.3) is 0 Å². The first kappa shape index (κ1) is 25.1. The normalized spacial score (nSPS) is 19.4. The van der Waals surface area contributed by atoms with Gasteiger partial charge >= 0.3 is 0 Å². The summed E-state index contributed by atoms with van der Waals surface area (Å²) in [7, 11) is -2.06. The molecule has 0 bridgehead atoms. The van der Waals surface area contributed by atoms with Crippen molar-refractivity contribution >= 4 is 21.7 Å². The zero-order chi connectivity index (χ0) is 25.3. The monoisotopic (exact) mass is 498 g/mol. The highest BCUT2D eigenvalue weighted by atomic mass is 32.2. The lowest BCUT2D eigenvalue weighted by atomic mass is 9.95. The van der Waals surface area contributed by atoms with E-state index in [9.17, 15) is 8.42 Å². The maximum atomic E-state index is 12.8. The Balaban J connectivity index is 1.64. The van der Waals surface area contributed by atoms with Crippen LogP contribution in [0.1, 0.15) is 57.5 Å². The minimum absolute atomic E-state index is 0.210. The molecule has 4 rings (SSSR count). The topological polar surface area (TPSA) is 127 Å². The molecule has 188 valence electrons. The molecule has 9 nitrogen and oxygen atoms in total. The van der Waals surface area contributed by atoms with Crippen LogP contribution in [0.3, 0.4) is 0 Å². The van der Waals surface area contributed by atoms with E-state index in [1.165, 1.54) is 17.8 Å². The van der Waals surface area contributed by atoms with Gasteiger partial charge in [-0.15, -0.1) is 10.2 Å². The van der Waals surface area contributed by atoms with E-state index in [0.717, 1.165) is 12.1 Å². The summed E-state index contributed by atoms with van der Waals surface area (Å²) in [5.41, 5.74) is 8.01. The minimum atomic E-state index is -3.56. The molecule has 4 atom stereocenters. The van der Waals surface area contributed by atoms with Gasteiger partial charge in [0.15, 0.2) is 0 Å². The number of aromatic nitrogens is 3. The summed E-state index contributed by atoms with van der Waals surface area (Å²) < 4.78 is 32.9. The number of nitrogens with two attached hydrogens (primary N) is 1. The molecule has 0 spiro atoms. The largest absolute Gasteiger partial charge is 0.420 e. The van der Waals surface area contributed by atoms with Crippen LogP contribution in [0.4, 0.5) is 11.6 Å². The van der Waals surface area contributed by atoms with Gasteiger partial charge in [-0.2, -0.15) is 0 Å². The Morgan fingerprint density at radius 2 is 1.86 bits per heavy atom. The van der Waals surface area contributed by atoms with Crippen LogP contribution in [0.25, 0.3) is 11.5 Å². The van der Waals surface area contributed by atoms with Crippen molar-refractivity contribution in [1.82, 2.24) is 15.2 Å². The summed E-state index contributed by atoms with van der Waals surface area (Å²) in [5.74, 6) is 2.62. The molecule has 1 aliphatic rings. The van der Waals surface area contributed by atoms with Crippen molar-refractivity contribution in [2.24, 2.45) is 17.6 Å². The third-order valence-electron chi connectivity index (χ3n) is 6.73. The van der Waals surface area contributed by atoms with Gasteiger partial charge in [0.2, 0.25) is 21.8 Å². The molecule has 1 fully saturated rings. The molecular weight excluding hydrogens is 464 g/mol. The molecule has 1 saturated carbocycles. The first-order chi connectivity index (χ1) is 16.6. The number of hydrogen-bond donors (Lipinski definition) is 2. The first-order valence-electron chi connectivity index (χ1n) is 12.0. The Kier molecular flexibility index (Phi) is 7.14. The fourth-order valence-electron chi connectivity index (χ4n) is 3.91. The number of nitrogens with zero attached hydrogens (tertiary/aromatic N) is 4. The van der Waals surface area contributed by atoms with Crippen molar-refractivity contribution in [3.63, 3.8) is 0 Å². The van der Waals surface area contributed by atoms with E-state index >= 15 is 0 Å². The van der Waals surface area contributed by atoms with Crippen molar-refractivity contribution in [3.8, 4) is 11.5 Å². The van der Waals surface area contributed by atoms with Crippen molar-refractivity contribution in [2.75, 3.05) is 23.2 Å². The second-order valence-corrected chi connectivity index (χ2v) is 12.2. The van der Waals surface area contributed by atoms with Crippen molar-refractivity contribution < 1.29 is 12.8 Å². The Bertz CT molecular complexity index is 1260. The molecule has 35 heavy (non-hydrogen) atoms. The molecule has 3 unspecified atom stereocenters. The molecule has 0 radical (unpaired) electrons. The number of benzene rings is 1. The smallest absolute Gasteiger partial charge is 0.248 e. The third kappa shape index (κ3) is 5.48. The Hall–Kier alpha value is -2.98. The second-order valence-electron chi connectivity index (χ2n) is 9.69. The molecule has 3 aromatic rings. The predicted octanol–water partition coefficient (Wildman–Crippen LogP) is 4.18. The van der Waals surface area contributed by atoms with Crippen LogP contribution >= 0.6 is 0 Å². The van der Waals surface area contributed by atoms with Gasteiger partial charge < -0.3 is 15.5 Å². The van der Waals surface area contributed by atoms with E-state index in [2.05, 4.69) is 27.4 Å². The number of hydrogen-bond acceptors (Lipinski definition) is 8. The van der Waals surface area contributed by atoms with E-state index in [0.29, 0.717) is 29.1 Å². The van der Waals surface area contributed by atoms with Gasteiger partial charge in [0.05, 0.1) is 11.2 Å². The van der Waals surface area contributed by atoms with E-state index in [1.54, 1.807) is 19.9 Å². The molecule has 1 aliphatic carbocycles. The lowest BCUT2D eigenvalue weighted by Crippen LogP contribution is -2.33. The summed E-state index contributed by atoms with van der Waals surface area (Å²) in [4.78, 5) is 4.57. The Morgan fingerprint density at radius 3 is 2.49 bits per heavy atom. The molecule has 0 saturated heterocycles. The third-order valence-corrected chi connectivity index (χ3v) is 8.88. The van der Waals surface area contributed by atoms with Crippen molar-refractivity contribution in [1.29, 1.82) is 0 Å². The lowest BCUT2D eigenvalue weighted by Gasteiger charge is -2.22. The highest BCUT2D eigenvalue weighted by Crippen LogP contribution is 2.38. The second kappa shape index (κ2) is 9.94. The maximum absolute atomic E-state index is 12.8. The predicted molar refractivity (Wildman–Crippen MR) is 138 cm³/mol. The molecule has 2 aromatic heterocycles. The number of nitrogens with one attached hydrogen (secondary N) is 1. The summed E-state index contributed by atoms with van der Waals surface area (Å²) in [6.07, 6.45) is 1.17. The zero-order valence-corrected chi connectivity index (χ0v) is 21.7. The standard InChI is InChI=1S/C25H34N6O3S/c1-15(2)35(32,33)31(5)22-13-19(12-21(28-22)27-14-20-11-16(20)3)25-30-29-24(34-25)17(4)23(26)18-9-7-6-8-10-18/h6-10,12-13,15-17,20,23H,11,14,26H2,1-5H3,(H,27,28)/t16?,17-,20?,23?/m1/s1. The van der Waals surface area contributed by atoms with Crippen LogP contribution in [0.2, 0.25) is 0 Å². The Labute approximate surface area is 207 Å². The van der Waals surface area contributed by atoms with Crippen LogP contribution in [0, 0.1) is 11.8 Å². The number of pyridine rings is 1. The van der Waals surface area contributed by atoms with Crippen molar-refractivity contribution in [2.45, 2.75) is 51.3 Å². The molecule has 0 aliphatic heterocycles. The van der Waals surface area contributed by atoms with E-state index in [-0.39, 0.29) is 23.7 Å². The zero-order valence-electron chi connectivity index (χ0n) is 20.8. The van der Waals surface area contributed by atoms with Gasteiger partial charge in [-0.3, -0.25) is 4.31 Å². The fourth-order valence-corrected chi connectivity index (χ4v) is 4.90. The average Bonchev–Trinajstić information content (AvgIpc) is 3.34. The van der Waals surface area contributed by atoms with Gasteiger partial charge in [-0.25, -0.2) is 13.4 Å². The summed E-state index contributed by atoms with van der Waals surface area (Å²) >= 11 is 0. The SMILES string of the molecule is CC1CC1CNc1cc(-c2nnc([C@H](C)C(N)c3ccccc3)o2)cc(N(C)S(=O)(=O)C(C)C)n1. The van der Waals surface area contributed by atoms with Crippen LogP contribution in [0.5, 0.6) is 0 Å². The van der Waals surface area contributed by atoms with Gasteiger partial charge in [-0.05, 0) is 49.8 Å². The van der Waals surface area contributed by atoms with Crippen LogP contribution in [0.15, 0.2) is 46.9 Å². The van der Waals surface area contributed by atoms with E-state index in [1.807, 2.05) is 43.3 Å². The first-order valence-corrected chi connectivity index (χ1v) is 13.5. The molecule has 1 aromatic carbocycles. The molecule has 10 heteroatoms. The van der Waals surface area contributed by atoms with Crippen LogP contribution in [-0.2, 0) is 10.0 Å². The van der Waals surface area contributed by atoms with E-state index < -0.39 is 15.3 Å². The van der Waals surface area contributed by atoms with Gasteiger partial charge in [0, 0.05) is 25.2 Å². The summed E-state index contributed by atoms with van der Waals surface area (Å²) in [5, 5.41) is 11.3. The quantitative estimate of drug-likeness (QED) is 0.426. The highest BCUT2D eigenvalue weighted by molar-refractivity contribution is 7.93. The summed E-state index contributed by atoms with van der Waals surface area (Å²) in [6.45, 7) is 8.22. The molecule has 0 amide bonds. The molecule has 3 N–H and O–H groups in total. The summed E-state index contributed by atoms with van der Waals surface area (Å²) in [6, 6.07) is 12.9. The number of sulfonamides is 1. The number of rotatable bonds is 10. The van der Waals surface area contributed by atoms with Crippen LogP contribution < -0.4 is 15.4 Å². The maximum Gasteiger partial charge on any atom is 0.248 e. The number of anilines is 2. The highest BCUT2D eigenvalue weighted by Gasteiger charge is 2.32. The van der Waals surface area contributed by atoms with Crippen LogP contribution in [-0.4, -0.2) is 42.4 Å². The van der Waals surface area contributed by atoms with E-state index in [4.69, 9.17) is 10.2 Å². The fraction of sp³-hybridized carbons (Fsp3) is 0.480. The van der Waals surface area contributed by atoms with Gasteiger partial charge in [-0.1, -0.05) is 44.2 Å². The minimum Gasteiger partial charge on any atom is -0.420 e. The Morgan fingerprint density at radius 1 is 1.17 bits per heavy atom. The lowest BCUT2D eigenvalue weighted by molar-refractivity contribution is 0.431. The van der Waals surface area contributed by atoms with Crippen molar-refractivity contribution in [3.05, 3.63) is 53.9 Å². The van der Waals surface area contributed by atoms with Gasteiger partial charge in [0.1, 0.15) is 11.6 Å².